The molecule has 5 nitrogen and oxygen atoms in total. The molecule has 0 bridgehead atoms. The van der Waals surface area contributed by atoms with E-state index in [2.05, 4.69) is 30.4 Å². The number of Topliss-reactive ketones (excluding diaryl/α,β-unsaturated/α-hetero) is 1. The van der Waals surface area contributed by atoms with Crippen LogP contribution in [-0.4, -0.2) is 24.4 Å². The van der Waals surface area contributed by atoms with E-state index in [4.69, 9.17) is 0 Å². The van der Waals surface area contributed by atoms with E-state index in [0.717, 1.165) is 27.7 Å². The highest BCUT2D eigenvalue weighted by Gasteiger charge is 2.39. The van der Waals surface area contributed by atoms with E-state index in [1.165, 1.54) is 0 Å². The molecule has 4 rings (SSSR count). The number of benzene rings is 3. The fourth-order valence-corrected chi connectivity index (χ4v) is 4.13. The van der Waals surface area contributed by atoms with Gasteiger partial charge in [0.05, 0.1) is 6.54 Å². The van der Waals surface area contributed by atoms with Crippen molar-refractivity contribution in [2.45, 2.75) is 26.2 Å². The number of carbonyl (C=O) groups is 2. The van der Waals surface area contributed by atoms with Gasteiger partial charge < -0.3 is 4.90 Å². The third kappa shape index (κ3) is 3.99. The first kappa shape index (κ1) is 20.5. The predicted octanol–water partition coefficient (Wildman–Crippen LogP) is 4.83. The second kappa shape index (κ2) is 8.19. The predicted molar refractivity (Wildman–Crippen MR) is 125 cm³/mol. The zero-order valence-electron chi connectivity index (χ0n) is 17.9. The molecule has 0 atom stereocenters. The molecule has 3 aromatic rings. The van der Waals surface area contributed by atoms with E-state index in [-0.39, 0.29) is 17.1 Å². The average Bonchev–Trinajstić information content (AvgIpc) is 2.97. The maximum absolute atomic E-state index is 12.5. The van der Waals surface area contributed by atoms with Gasteiger partial charge in [-0.2, -0.15) is 5.10 Å². The molecular weight excluding hydrogens is 386 g/mol. The number of ketones is 1. The molecule has 0 saturated carbocycles. The molecule has 5 heteroatoms. The van der Waals surface area contributed by atoms with Crippen molar-refractivity contribution in [1.29, 1.82) is 0 Å². The van der Waals surface area contributed by atoms with Gasteiger partial charge in [-0.25, -0.2) is 5.43 Å². The van der Waals surface area contributed by atoms with Crippen LogP contribution in [0.25, 0.3) is 10.8 Å². The summed E-state index contributed by atoms with van der Waals surface area (Å²) in [5.74, 6) is -0.185. The van der Waals surface area contributed by atoms with E-state index in [9.17, 15) is 9.59 Å². The van der Waals surface area contributed by atoms with Crippen LogP contribution in [-0.2, 0) is 10.2 Å². The average molecular weight is 412 g/mol. The SMILES string of the molecule is CC(=O)CN1/C(=C\C=N\NC(=O)c2ccc3ccccc3c2)C(C)(C)c2ccccc21. The monoisotopic (exact) mass is 411 g/mol. The number of amides is 1. The summed E-state index contributed by atoms with van der Waals surface area (Å²) in [5, 5.41) is 6.21. The number of para-hydroxylation sites is 1. The van der Waals surface area contributed by atoms with E-state index in [1.54, 1.807) is 19.2 Å². The number of nitrogens with zero attached hydrogens (tertiary/aromatic N) is 2. The van der Waals surface area contributed by atoms with Gasteiger partial charge in [0.25, 0.3) is 5.91 Å². The number of fused-ring (bicyclic) bond motifs is 2. The van der Waals surface area contributed by atoms with Gasteiger partial charge in [-0.05, 0) is 47.5 Å². The van der Waals surface area contributed by atoms with E-state index < -0.39 is 0 Å². The fourth-order valence-electron chi connectivity index (χ4n) is 4.13. The zero-order chi connectivity index (χ0) is 22.0. The summed E-state index contributed by atoms with van der Waals surface area (Å²) in [7, 11) is 0. The Morgan fingerprint density at radius 2 is 1.71 bits per heavy atom. The quantitative estimate of drug-likeness (QED) is 0.483. The summed E-state index contributed by atoms with van der Waals surface area (Å²) >= 11 is 0. The van der Waals surface area contributed by atoms with Crippen molar-refractivity contribution in [2.24, 2.45) is 5.10 Å². The van der Waals surface area contributed by atoms with E-state index in [0.29, 0.717) is 12.1 Å². The minimum atomic E-state index is -0.277. The van der Waals surface area contributed by atoms with Crippen LogP contribution in [0.4, 0.5) is 5.69 Å². The number of hydrogen-bond acceptors (Lipinski definition) is 4. The van der Waals surface area contributed by atoms with Crippen molar-refractivity contribution in [3.63, 3.8) is 0 Å². The van der Waals surface area contributed by atoms with Gasteiger partial charge in [-0.3, -0.25) is 9.59 Å². The first-order chi connectivity index (χ1) is 14.9. The molecule has 3 aromatic carbocycles. The molecule has 0 aromatic heterocycles. The Balaban J connectivity index is 1.54. The molecule has 1 N–H and O–H groups in total. The summed E-state index contributed by atoms with van der Waals surface area (Å²) in [5.41, 5.74) is 6.02. The smallest absolute Gasteiger partial charge is 0.271 e. The number of nitrogens with one attached hydrogen (secondary N) is 1. The van der Waals surface area contributed by atoms with Crippen LogP contribution in [0, 0.1) is 0 Å². The van der Waals surface area contributed by atoms with Crippen LogP contribution in [0.2, 0.25) is 0 Å². The molecular formula is C26H25N3O2. The maximum atomic E-state index is 12.5. The van der Waals surface area contributed by atoms with Crippen molar-refractivity contribution >= 4 is 34.4 Å². The summed E-state index contributed by atoms with van der Waals surface area (Å²) in [6.45, 7) is 6.13. The lowest BCUT2D eigenvalue weighted by Crippen LogP contribution is -2.30. The normalized spacial score (nSPS) is 16.1. The Hall–Kier alpha value is -3.73. The first-order valence-corrected chi connectivity index (χ1v) is 10.3. The number of hydrogen-bond donors (Lipinski definition) is 1. The van der Waals surface area contributed by atoms with Crippen molar-refractivity contribution in [2.75, 3.05) is 11.4 Å². The maximum Gasteiger partial charge on any atom is 0.271 e. The fraction of sp³-hybridized carbons (Fsp3) is 0.192. The molecule has 31 heavy (non-hydrogen) atoms. The van der Waals surface area contributed by atoms with Crippen LogP contribution in [0.15, 0.2) is 83.6 Å². The molecule has 0 saturated heterocycles. The number of anilines is 1. The van der Waals surface area contributed by atoms with Crippen LogP contribution < -0.4 is 10.3 Å². The van der Waals surface area contributed by atoms with Crippen LogP contribution in [0.5, 0.6) is 0 Å². The molecule has 0 fully saturated rings. The van der Waals surface area contributed by atoms with Crippen molar-refractivity contribution in [1.82, 2.24) is 5.43 Å². The third-order valence-electron chi connectivity index (χ3n) is 5.66. The molecule has 0 spiro atoms. The minimum absolute atomic E-state index is 0.0833. The molecule has 1 aliphatic rings. The minimum Gasteiger partial charge on any atom is -0.336 e. The Kier molecular flexibility index (Phi) is 5.42. The lowest BCUT2D eigenvalue weighted by Gasteiger charge is -2.26. The molecule has 1 heterocycles. The Morgan fingerprint density at radius 3 is 2.48 bits per heavy atom. The van der Waals surface area contributed by atoms with Gasteiger partial charge in [-0.15, -0.1) is 0 Å². The summed E-state index contributed by atoms with van der Waals surface area (Å²) in [6.07, 6.45) is 3.44. The largest absolute Gasteiger partial charge is 0.336 e. The van der Waals surface area contributed by atoms with Gasteiger partial charge >= 0.3 is 0 Å². The standard InChI is InChI=1S/C26H25N3O2/c1-18(30)17-29-23-11-7-6-10-22(23)26(2,3)24(29)14-15-27-28-25(31)21-13-12-19-8-4-5-9-20(19)16-21/h4-16H,17H2,1-3H3,(H,28,31)/b24-14-,27-15+. The van der Waals surface area contributed by atoms with Crippen LogP contribution >= 0.6 is 0 Å². The number of carbonyl (C=O) groups excluding carboxylic acids is 2. The van der Waals surface area contributed by atoms with Gasteiger partial charge in [-0.1, -0.05) is 62.4 Å². The second-order valence-corrected chi connectivity index (χ2v) is 8.26. The van der Waals surface area contributed by atoms with Gasteiger partial charge in [0, 0.05) is 28.6 Å². The summed E-state index contributed by atoms with van der Waals surface area (Å²) < 4.78 is 0. The van der Waals surface area contributed by atoms with Crippen LogP contribution in [0.1, 0.15) is 36.7 Å². The number of hydrazone groups is 1. The summed E-state index contributed by atoms with van der Waals surface area (Å²) in [6, 6.07) is 21.6. The Labute approximate surface area is 182 Å². The number of allylic oxidation sites excluding steroid dienone is 2. The number of rotatable bonds is 5. The first-order valence-electron chi connectivity index (χ1n) is 10.3. The topological polar surface area (TPSA) is 61.8 Å². The van der Waals surface area contributed by atoms with E-state index in [1.807, 2.05) is 65.6 Å². The van der Waals surface area contributed by atoms with Gasteiger partial charge in [0.15, 0.2) is 0 Å². The van der Waals surface area contributed by atoms with Crippen LogP contribution in [0.3, 0.4) is 0 Å². The van der Waals surface area contributed by atoms with Crippen molar-refractivity contribution in [3.8, 4) is 0 Å². The van der Waals surface area contributed by atoms with Gasteiger partial charge in [0.2, 0.25) is 0 Å². The highest BCUT2D eigenvalue weighted by molar-refractivity contribution is 5.99. The van der Waals surface area contributed by atoms with Gasteiger partial charge in [0.1, 0.15) is 5.78 Å². The lowest BCUT2D eigenvalue weighted by molar-refractivity contribution is -0.115. The van der Waals surface area contributed by atoms with E-state index >= 15 is 0 Å². The second-order valence-electron chi connectivity index (χ2n) is 8.26. The highest BCUT2D eigenvalue weighted by atomic mass is 16.2. The molecule has 1 aliphatic heterocycles. The third-order valence-corrected chi connectivity index (χ3v) is 5.66. The lowest BCUT2D eigenvalue weighted by atomic mass is 9.84. The molecule has 0 aliphatic carbocycles. The van der Waals surface area contributed by atoms with Crippen molar-refractivity contribution in [3.05, 3.63) is 89.6 Å². The molecule has 1 amide bonds. The Bertz CT molecular complexity index is 1220. The molecule has 0 radical (unpaired) electrons. The molecule has 0 unspecified atom stereocenters. The highest BCUT2D eigenvalue weighted by Crippen LogP contribution is 2.47. The molecule has 156 valence electrons. The van der Waals surface area contributed by atoms with Crippen molar-refractivity contribution < 1.29 is 9.59 Å². The Morgan fingerprint density at radius 1 is 1.00 bits per heavy atom. The zero-order valence-corrected chi connectivity index (χ0v) is 17.9. The summed E-state index contributed by atoms with van der Waals surface area (Å²) in [4.78, 5) is 26.4.